The maximum Gasteiger partial charge on any atom is 0.303 e. The third kappa shape index (κ3) is 9.45. The molecule has 0 heterocycles. The number of carbonyl (C=O) groups is 2. The quantitative estimate of drug-likeness (QED) is 0.584. The maximum absolute atomic E-state index is 11.3. The summed E-state index contributed by atoms with van der Waals surface area (Å²) in [5, 5.41) is 11.2. The van der Waals surface area contributed by atoms with Crippen molar-refractivity contribution < 1.29 is 19.4 Å². The fraction of sp³-hybridized carbons (Fsp3) is 0.818. The molecule has 0 radical (unpaired) electrons. The zero-order valence-electron chi connectivity index (χ0n) is 9.99. The van der Waals surface area contributed by atoms with Gasteiger partial charge in [-0.05, 0) is 19.8 Å². The number of hydrogen-bond acceptors (Lipinski definition) is 3. The van der Waals surface area contributed by atoms with Gasteiger partial charge in [0.2, 0.25) is 5.91 Å². The largest absolute Gasteiger partial charge is 0.481 e. The number of amides is 1. The van der Waals surface area contributed by atoms with E-state index < -0.39 is 5.97 Å². The van der Waals surface area contributed by atoms with Crippen LogP contribution in [0.25, 0.3) is 0 Å². The van der Waals surface area contributed by atoms with Crippen molar-refractivity contribution in [3.8, 4) is 0 Å². The first-order valence-electron chi connectivity index (χ1n) is 5.65. The lowest BCUT2D eigenvalue weighted by molar-refractivity contribution is -0.137. The summed E-state index contributed by atoms with van der Waals surface area (Å²) in [5.41, 5.74) is 0. The van der Waals surface area contributed by atoms with Gasteiger partial charge in [0.1, 0.15) is 0 Å². The number of carboxylic acid groups (broad SMARTS) is 1. The van der Waals surface area contributed by atoms with Gasteiger partial charge in [0.25, 0.3) is 0 Å². The summed E-state index contributed by atoms with van der Waals surface area (Å²) >= 11 is 0. The molecule has 0 aliphatic rings. The van der Waals surface area contributed by atoms with E-state index in [2.05, 4.69) is 5.32 Å². The summed E-state index contributed by atoms with van der Waals surface area (Å²) in [6.45, 7) is 4.90. The second-order valence-corrected chi connectivity index (χ2v) is 3.76. The predicted octanol–water partition coefficient (Wildman–Crippen LogP) is 1.17. The molecule has 1 unspecified atom stereocenters. The summed E-state index contributed by atoms with van der Waals surface area (Å²) in [4.78, 5) is 21.6. The molecule has 0 rings (SSSR count). The number of ether oxygens (including phenoxy) is 1. The standard InChI is InChI=1S/C11H21NO4/c1-3-7-16-8-6-10(13)12-9(2)4-5-11(14)15/h9H,3-8H2,1-2H3,(H,12,13)(H,14,15). The Bertz CT molecular complexity index is 218. The summed E-state index contributed by atoms with van der Waals surface area (Å²) in [6.07, 6.45) is 1.80. The highest BCUT2D eigenvalue weighted by Gasteiger charge is 2.08. The molecule has 0 aromatic carbocycles. The molecule has 0 aliphatic carbocycles. The first kappa shape index (κ1) is 14.9. The van der Waals surface area contributed by atoms with Crippen LogP contribution in [0.5, 0.6) is 0 Å². The topological polar surface area (TPSA) is 75.6 Å². The second-order valence-electron chi connectivity index (χ2n) is 3.76. The molecule has 2 N–H and O–H groups in total. The third-order valence-electron chi connectivity index (χ3n) is 2.02. The molecular formula is C11H21NO4. The molecule has 0 fully saturated rings. The van der Waals surface area contributed by atoms with E-state index in [0.29, 0.717) is 26.1 Å². The van der Waals surface area contributed by atoms with E-state index in [0.717, 1.165) is 6.42 Å². The Hall–Kier alpha value is -1.10. The van der Waals surface area contributed by atoms with Gasteiger partial charge in [0.15, 0.2) is 0 Å². The third-order valence-corrected chi connectivity index (χ3v) is 2.02. The van der Waals surface area contributed by atoms with Crippen molar-refractivity contribution in [3.63, 3.8) is 0 Å². The van der Waals surface area contributed by atoms with Crippen LogP contribution in [-0.2, 0) is 14.3 Å². The number of rotatable bonds is 9. The van der Waals surface area contributed by atoms with E-state index >= 15 is 0 Å². The average Bonchev–Trinajstić information content (AvgIpc) is 2.21. The zero-order valence-corrected chi connectivity index (χ0v) is 9.99. The van der Waals surface area contributed by atoms with Crippen LogP contribution in [0, 0.1) is 0 Å². The van der Waals surface area contributed by atoms with E-state index in [9.17, 15) is 9.59 Å². The predicted molar refractivity (Wildman–Crippen MR) is 60.2 cm³/mol. The second kappa shape index (κ2) is 9.15. The molecule has 1 atom stereocenters. The minimum Gasteiger partial charge on any atom is -0.481 e. The first-order valence-corrected chi connectivity index (χ1v) is 5.65. The molecule has 5 nitrogen and oxygen atoms in total. The van der Waals surface area contributed by atoms with Crippen LogP contribution in [0.4, 0.5) is 0 Å². The van der Waals surface area contributed by atoms with Gasteiger partial charge >= 0.3 is 5.97 Å². The SMILES string of the molecule is CCCOCCC(=O)NC(C)CCC(=O)O. The highest BCUT2D eigenvalue weighted by atomic mass is 16.5. The molecule has 0 aromatic heterocycles. The lowest BCUT2D eigenvalue weighted by atomic mass is 10.2. The van der Waals surface area contributed by atoms with E-state index in [1.807, 2.05) is 6.92 Å². The lowest BCUT2D eigenvalue weighted by Crippen LogP contribution is -2.33. The Morgan fingerprint density at radius 1 is 1.31 bits per heavy atom. The molecule has 0 spiro atoms. The van der Waals surface area contributed by atoms with E-state index in [1.54, 1.807) is 6.92 Å². The number of carbonyl (C=O) groups excluding carboxylic acids is 1. The first-order chi connectivity index (χ1) is 7.56. The van der Waals surface area contributed by atoms with Crippen molar-refractivity contribution in [2.24, 2.45) is 0 Å². The minimum absolute atomic E-state index is 0.0772. The lowest BCUT2D eigenvalue weighted by Gasteiger charge is -2.12. The van der Waals surface area contributed by atoms with Crippen molar-refractivity contribution in [3.05, 3.63) is 0 Å². The zero-order chi connectivity index (χ0) is 12.4. The van der Waals surface area contributed by atoms with Crippen LogP contribution in [0.1, 0.15) is 39.5 Å². The average molecular weight is 231 g/mol. The van der Waals surface area contributed by atoms with Crippen LogP contribution in [0.3, 0.4) is 0 Å². The fourth-order valence-electron chi connectivity index (χ4n) is 1.17. The van der Waals surface area contributed by atoms with E-state index in [4.69, 9.17) is 9.84 Å². The molecule has 5 heteroatoms. The number of carboxylic acids is 1. The summed E-state index contributed by atoms with van der Waals surface area (Å²) in [6, 6.07) is -0.102. The molecule has 16 heavy (non-hydrogen) atoms. The van der Waals surface area contributed by atoms with Crippen LogP contribution >= 0.6 is 0 Å². The molecule has 0 saturated carbocycles. The Balaban J connectivity index is 3.50. The van der Waals surface area contributed by atoms with Crippen molar-refractivity contribution in [1.82, 2.24) is 5.32 Å². The van der Waals surface area contributed by atoms with Gasteiger partial charge in [-0.1, -0.05) is 6.92 Å². The Labute approximate surface area is 96.2 Å². The van der Waals surface area contributed by atoms with Gasteiger partial charge < -0.3 is 15.2 Å². The number of aliphatic carboxylic acids is 1. The van der Waals surface area contributed by atoms with Crippen LogP contribution in [0.2, 0.25) is 0 Å². The van der Waals surface area contributed by atoms with Crippen molar-refractivity contribution in [2.45, 2.75) is 45.6 Å². The monoisotopic (exact) mass is 231 g/mol. The van der Waals surface area contributed by atoms with Gasteiger partial charge in [-0.25, -0.2) is 0 Å². The molecule has 0 saturated heterocycles. The Kier molecular flexibility index (Phi) is 8.52. The smallest absolute Gasteiger partial charge is 0.303 e. The molecular weight excluding hydrogens is 210 g/mol. The van der Waals surface area contributed by atoms with Crippen LogP contribution in [-0.4, -0.2) is 36.2 Å². The molecule has 1 amide bonds. The minimum atomic E-state index is -0.840. The van der Waals surface area contributed by atoms with Crippen molar-refractivity contribution in [1.29, 1.82) is 0 Å². The van der Waals surface area contributed by atoms with Gasteiger partial charge in [-0.15, -0.1) is 0 Å². The van der Waals surface area contributed by atoms with Gasteiger partial charge in [-0.2, -0.15) is 0 Å². The van der Waals surface area contributed by atoms with Crippen molar-refractivity contribution >= 4 is 11.9 Å². The fourth-order valence-corrected chi connectivity index (χ4v) is 1.17. The molecule has 0 aliphatic heterocycles. The summed E-state index contributed by atoms with van der Waals surface area (Å²) < 4.78 is 5.18. The van der Waals surface area contributed by atoms with E-state index in [1.165, 1.54) is 0 Å². The van der Waals surface area contributed by atoms with Crippen molar-refractivity contribution in [2.75, 3.05) is 13.2 Å². The van der Waals surface area contributed by atoms with E-state index in [-0.39, 0.29) is 18.4 Å². The van der Waals surface area contributed by atoms with Crippen LogP contribution in [0.15, 0.2) is 0 Å². The van der Waals surface area contributed by atoms with Crippen LogP contribution < -0.4 is 5.32 Å². The Morgan fingerprint density at radius 2 is 2.00 bits per heavy atom. The Morgan fingerprint density at radius 3 is 2.56 bits per heavy atom. The molecule has 0 aromatic rings. The van der Waals surface area contributed by atoms with Gasteiger partial charge in [0.05, 0.1) is 6.61 Å². The summed E-state index contributed by atoms with van der Waals surface area (Å²) in [5.74, 6) is -0.929. The normalized spacial score (nSPS) is 12.1. The number of nitrogens with one attached hydrogen (secondary N) is 1. The summed E-state index contributed by atoms with van der Waals surface area (Å²) in [7, 11) is 0. The highest BCUT2D eigenvalue weighted by Crippen LogP contribution is 1.97. The van der Waals surface area contributed by atoms with Gasteiger partial charge in [0, 0.05) is 25.5 Å². The molecule has 0 bridgehead atoms. The molecule has 94 valence electrons. The highest BCUT2D eigenvalue weighted by molar-refractivity contribution is 5.76. The van der Waals surface area contributed by atoms with Gasteiger partial charge in [-0.3, -0.25) is 9.59 Å². The number of hydrogen-bond donors (Lipinski definition) is 2. The maximum atomic E-state index is 11.3.